The zero-order valence-electron chi connectivity index (χ0n) is 14.4. The maximum atomic E-state index is 12.5. The highest BCUT2D eigenvalue weighted by molar-refractivity contribution is 7.80. The SMILES string of the molecule is Cc1ccccc1C(=O)N[C@@H](NC(=S)Nc1ccc([N+](=O)[O-])cc1)C(Cl)(Cl)Cl. The van der Waals surface area contributed by atoms with E-state index < -0.39 is 20.8 Å². The first kappa shape index (κ1) is 22.2. The predicted molar refractivity (Wildman–Crippen MR) is 115 cm³/mol. The van der Waals surface area contributed by atoms with Crippen LogP contribution in [0.2, 0.25) is 0 Å². The molecule has 11 heteroatoms. The van der Waals surface area contributed by atoms with E-state index in [1.807, 2.05) is 0 Å². The Balaban J connectivity index is 2.07. The fourth-order valence-corrected chi connectivity index (χ4v) is 2.76. The number of hydrogen-bond acceptors (Lipinski definition) is 4. The molecule has 3 N–H and O–H groups in total. The zero-order chi connectivity index (χ0) is 20.9. The number of nitro groups is 1. The summed E-state index contributed by atoms with van der Waals surface area (Å²) in [5.41, 5.74) is 1.61. The number of carbonyl (C=O) groups excluding carboxylic acids is 1. The number of nitro benzene ring substituents is 1. The summed E-state index contributed by atoms with van der Waals surface area (Å²) < 4.78 is -1.90. The quantitative estimate of drug-likeness (QED) is 0.202. The Morgan fingerprint density at radius 2 is 1.71 bits per heavy atom. The number of benzene rings is 2. The molecule has 0 fully saturated rings. The van der Waals surface area contributed by atoms with Gasteiger partial charge in [-0.2, -0.15) is 0 Å². The van der Waals surface area contributed by atoms with Crippen molar-refractivity contribution >= 4 is 69.4 Å². The topological polar surface area (TPSA) is 96.3 Å². The van der Waals surface area contributed by atoms with E-state index >= 15 is 0 Å². The number of nitrogens with one attached hydrogen (secondary N) is 3. The molecule has 0 saturated carbocycles. The first-order valence-electron chi connectivity index (χ1n) is 7.83. The Hall–Kier alpha value is -2.13. The molecule has 0 heterocycles. The number of aryl methyl sites for hydroxylation is 1. The van der Waals surface area contributed by atoms with Crippen LogP contribution in [-0.4, -0.2) is 25.9 Å². The highest BCUT2D eigenvalue weighted by atomic mass is 35.6. The lowest BCUT2D eigenvalue weighted by Crippen LogP contribution is -2.56. The maximum Gasteiger partial charge on any atom is 0.269 e. The molecule has 0 bridgehead atoms. The molecule has 0 aliphatic heterocycles. The van der Waals surface area contributed by atoms with Gasteiger partial charge in [-0.05, 0) is 42.9 Å². The maximum absolute atomic E-state index is 12.5. The Bertz CT molecular complexity index is 888. The highest BCUT2D eigenvalue weighted by Gasteiger charge is 2.35. The molecule has 7 nitrogen and oxygen atoms in total. The van der Waals surface area contributed by atoms with Crippen LogP contribution in [0.15, 0.2) is 48.5 Å². The minimum atomic E-state index is -1.90. The van der Waals surface area contributed by atoms with Gasteiger partial charge in [-0.1, -0.05) is 53.0 Å². The Labute approximate surface area is 181 Å². The second kappa shape index (κ2) is 9.38. The first-order chi connectivity index (χ1) is 13.1. The Morgan fingerprint density at radius 1 is 1.11 bits per heavy atom. The number of nitrogens with zero attached hydrogens (tertiary/aromatic N) is 1. The van der Waals surface area contributed by atoms with Crippen molar-refractivity contribution in [1.82, 2.24) is 10.6 Å². The summed E-state index contributed by atoms with van der Waals surface area (Å²) in [6, 6.07) is 12.5. The predicted octanol–water partition coefficient (Wildman–Crippen LogP) is 4.32. The monoisotopic (exact) mass is 460 g/mol. The summed E-state index contributed by atoms with van der Waals surface area (Å²) in [5.74, 6) is -0.444. The van der Waals surface area contributed by atoms with E-state index in [1.54, 1.807) is 31.2 Å². The molecule has 0 unspecified atom stereocenters. The van der Waals surface area contributed by atoms with Gasteiger partial charge < -0.3 is 16.0 Å². The van der Waals surface area contributed by atoms with E-state index in [4.69, 9.17) is 47.0 Å². The molecule has 2 aromatic rings. The van der Waals surface area contributed by atoms with Crippen molar-refractivity contribution in [2.24, 2.45) is 0 Å². The lowest BCUT2D eigenvalue weighted by molar-refractivity contribution is -0.384. The largest absolute Gasteiger partial charge is 0.339 e. The molecule has 0 spiro atoms. The second-order valence-electron chi connectivity index (χ2n) is 5.67. The molecule has 2 rings (SSSR count). The molecule has 0 radical (unpaired) electrons. The average molecular weight is 462 g/mol. The molecule has 0 aliphatic carbocycles. The number of alkyl halides is 3. The highest BCUT2D eigenvalue weighted by Crippen LogP contribution is 2.29. The molecular weight excluding hydrogens is 447 g/mol. The number of anilines is 1. The van der Waals surface area contributed by atoms with Crippen LogP contribution in [0.25, 0.3) is 0 Å². The van der Waals surface area contributed by atoms with Crippen LogP contribution < -0.4 is 16.0 Å². The van der Waals surface area contributed by atoms with Crippen molar-refractivity contribution in [1.29, 1.82) is 0 Å². The van der Waals surface area contributed by atoms with Crippen LogP contribution in [0.4, 0.5) is 11.4 Å². The van der Waals surface area contributed by atoms with Gasteiger partial charge in [-0.25, -0.2) is 0 Å². The summed E-state index contributed by atoms with van der Waals surface area (Å²) in [6.07, 6.45) is -1.14. The zero-order valence-corrected chi connectivity index (χ0v) is 17.5. The number of hydrogen-bond donors (Lipinski definition) is 3. The molecule has 0 saturated heterocycles. The van der Waals surface area contributed by atoms with Gasteiger partial charge >= 0.3 is 0 Å². The van der Waals surface area contributed by atoms with Crippen LogP contribution in [0.1, 0.15) is 15.9 Å². The number of thiocarbonyl (C=S) groups is 1. The molecule has 1 atom stereocenters. The van der Waals surface area contributed by atoms with Gasteiger partial charge in [-0.15, -0.1) is 0 Å². The van der Waals surface area contributed by atoms with Crippen molar-refractivity contribution in [3.63, 3.8) is 0 Å². The normalized spacial score (nSPS) is 12.0. The lowest BCUT2D eigenvalue weighted by atomic mass is 10.1. The first-order valence-corrected chi connectivity index (χ1v) is 9.37. The van der Waals surface area contributed by atoms with E-state index in [-0.39, 0.29) is 10.8 Å². The summed E-state index contributed by atoms with van der Waals surface area (Å²) in [4.78, 5) is 22.7. The van der Waals surface area contributed by atoms with Crippen LogP contribution in [0.5, 0.6) is 0 Å². The van der Waals surface area contributed by atoms with E-state index in [9.17, 15) is 14.9 Å². The van der Waals surface area contributed by atoms with E-state index in [2.05, 4.69) is 16.0 Å². The second-order valence-corrected chi connectivity index (χ2v) is 8.44. The van der Waals surface area contributed by atoms with Gasteiger partial charge in [0.15, 0.2) is 5.11 Å². The third-order valence-corrected chi connectivity index (χ3v) is 4.48. The molecule has 0 aliphatic rings. The third-order valence-electron chi connectivity index (χ3n) is 3.60. The van der Waals surface area contributed by atoms with Crippen molar-refractivity contribution in [3.05, 3.63) is 69.8 Å². The number of amides is 1. The number of carbonyl (C=O) groups is 1. The van der Waals surface area contributed by atoms with E-state index in [0.717, 1.165) is 5.56 Å². The molecular formula is C17H15Cl3N4O3S. The molecule has 0 aromatic heterocycles. The Morgan fingerprint density at radius 3 is 2.25 bits per heavy atom. The van der Waals surface area contributed by atoms with Crippen molar-refractivity contribution in [2.45, 2.75) is 16.9 Å². The van der Waals surface area contributed by atoms with Gasteiger partial charge in [0.05, 0.1) is 4.92 Å². The van der Waals surface area contributed by atoms with Crippen LogP contribution in [0, 0.1) is 17.0 Å². The number of rotatable bonds is 5. The fraction of sp³-hybridized carbons (Fsp3) is 0.176. The molecule has 148 valence electrons. The smallest absolute Gasteiger partial charge is 0.269 e. The van der Waals surface area contributed by atoms with Gasteiger partial charge in [0.2, 0.25) is 3.79 Å². The van der Waals surface area contributed by atoms with Gasteiger partial charge in [0.1, 0.15) is 6.17 Å². The number of non-ortho nitro benzene ring substituents is 1. The minimum Gasteiger partial charge on any atom is -0.339 e. The summed E-state index contributed by atoms with van der Waals surface area (Å²) >= 11 is 23.1. The van der Waals surface area contributed by atoms with E-state index in [0.29, 0.717) is 11.3 Å². The average Bonchev–Trinajstić information content (AvgIpc) is 2.61. The van der Waals surface area contributed by atoms with Gasteiger partial charge in [0.25, 0.3) is 11.6 Å². The van der Waals surface area contributed by atoms with Gasteiger partial charge in [-0.3, -0.25) is 14.9 Å². The molecule has 2 aromatic carbocycles. The number of halogens is 3. The van der Waals surface area contributed by atoms with Crippen LogP contribution in [-0.2, 0) is 0 Å². The van der Waals surface area contributed by atoms with E-state index in [1.165, 1.54) is 24.3 Å². The summed E-state index contributed by atoms with van der Waals surface area (Å²) in [6.45, 7) is 1.79. The van der Waals surface area contributed by atoms with Crippen molar-refractivity contribution in [2.75, 3.05) is 5.32 Å². The lowest BCUT2D eigenvalue weighted by Gasteiger charge is -2.28. The summed E-state index contributed by atoms with van der Waals surface area (Å²) in [5, 5.41) is 18.9. The standard InChI is InChI=1S/C17H15Cl3N4O3S/c1-10-4-2-3-5-13(10)14(25)22-15(17(18,19)20)23-16(28)21-11-6-8-12(9-7-11)24(26)27/h2-9,15H,1H3,(H,22,25)(H2,21,23,28)/t15-/m0/s1. The van der Waals surface area contributed by atoms with Crippen molar-refractivity contribution < 1.29 is 9.72 Å². The molecule has 28 heavy (non-hydrogen) atoms. The van der Waals surface area contributed by atoms with Gasteiger partial charge in [0, 0.05) is 23.4 Å². The van der Waals surface area contributed by atoms with Crippen LogP contribution in [0.3, 0.4) is 0 Å². The third kappa shape index (κ3) is 6.20. The fourth-order valence-electron chi connectivity index (χ4n) is 2.20. The van der Waals surface area contributed by atoms with Crippen molar-refractivity contribution in [3.8, 4) is 0 Å². The summed E-state index contributed by atoms with van der Waals surface area (Å²) in [7, 11) is 0. The Kier molecular flexibility index (Phi) is 7.42. The van der Waals surface area contributed by atoms with Crippen LogP contribution >= 0.6 is 47.0 Å². The minimum absolute atomic E-state index is 0.0512. The molecule has 1 amide bonds.